The summed E-state index contributed by atoms with van der Waals surface area (Å²) >= 11 is 3.37. The van der Waals surface area contributed by atoms with Crippen LogP contribution in [0.25, 0.3) is 0 Å². The second kappa shape index (κ2) is 6.97. The predicted molar refractivity (Wildman–Crippen MR) is 91.9 cm³/mol. The summed E-state index contributed by atoms with van der Waals surface area (Å²) in [6.07, 6.45) is -0.348. The standard InChI is InChI=1S/C18H20BrNO2/c1-18(2,3)20(13-14-7-5-4-6-8-14)17(21)22-16-11-9-15(19)10-12-16/h4-12H,13H2,1-3H3. The SMILES string of the molecule is CC(C)(C)N(Cc1ccccc1)C(=O)Oc1ccc(Br)cc1. The molecule has 0 saturated heterocycles. The van der Waals surface area contributed by atoms with Crippen molar-refractivity contribution in [3.8, 4) is 5.75 Å². The van der Waals surface area contributed by atoms with E-state index in [2.05, 4.69) is 15.9 Å². The largest absolute Gasteiger partial charge is 0.415 e. The molecule has 0 fully saturated rings. The molecule has 22 heavy (non-hydrogen) atoms. The lowest BCUT2D eigenvalue weighted by atomic mass is 10.1. The van der Waals surface area contributed by atoms with E-state index >= 15 is 0 Å². The van der Waals surface area contributed by atoms with E-state index in [1.165, 1.54) is 0 Å². The highest BCUT2D eigenvalue weighted by atomic mass is 79.9. The van der Waals surface area contributed by atoms with Gasteiger partial charge >= 0.3 is 6.09 Å². The monoisotopic (exact) mass is 361 g/mol. The zero-order valence-corrected chi connectivity index (χ0v) is 14.6. The Labute approximate surface area is 140 Å². The molecule has 1 amide bonds. The van der Waals surface area contributed by atoms with Crippen LogP contribution in [0.2, 0.25) is 0 Å². The quantitative estimate of drug-likeness (QED) is 0.747. The maximum atomic E-state index is 12.5. The fourth-order valence-electron chi connectivity index (χ4n) is 2.00. The van der Waals surface area contributed by atoms with Gasteiger partial charge in [0.2, 0.25) is 0 Å². The number of amides is 1. The Kier molecular flexibility index (Phi) is 5.24. The van der Waals surface area contributed by atoms with E-state index in [4.69, 9.17) is 4.74 Å². The van der Waals surface area contributed by atoms with E-state index in [1.807, 2.05) is 63.2 Å². The van der Waals surface area contributed by atoms with Crippen LogP contribution in [0.3, 0.4) is 0 Å². The first-order valence-electron chi connectivity index (χ1n) is 7.15. The van der Waals surface area contributed by atoms with Crippen molar-refractivity contribution in [2.45, 2.75) is 32.9 Å². The Hall–Kier alpha value is -1.81. The zero-order valence-electron chi connectivity index (χ0n) is 13.0. The average Bonchev–Trinajstić information content (AvgIpc) is 2.47. The molecule has 0 heterocycles. The summed E-state index contributed by atoms with van der Waals surface area (Å²) in [7, 11) is 0. The van der Waals surface area contributed by atoms with Crippen molar-refractivity contribution in [1.29, 1.82) is 0 Å². The van der Waals surface area contributed by atoms with Crippen LogP contribution in [0.1, 0.15) is 26.3 Å². The molecule has 0 spiro atoms. The van der Waals surface area contributed by atoms with Crippen LogP contribution in [0.5, 0.6) is 5.75 Å². The van der Waals surface area contributed by atoms with Crippen LogP contribution < -0.4 is 4.74 Å². The maximum Gasteiger partial charge on any atom is 0.415 e. The van der Waals surface area contributed by atoms with Crippen LogP contribution in [0.15, 0.2) is 59.1 Å². The van der Waals surface area contributed by atoms with E-state index in [0.29, 0.717) is 12.3 Å². The smallest absolute Gasteiger partial charge is 0.410 e. The first-order chi connectivity index (χ1) is 10.4. The molecule has 2 aromatic rings. The van der Waals surface area contributed by atoms with Gasteiger partial charge in [0, 0.05) is 16.6 Å². The molecule has 0 aliphatic heterocycles. The number of nitrogens with zero attached hydrogens (tertiary/aromatic N) is 1. The number of hydrogen-bond donors (Lipinski definition) is 0. The Balaban J connectivity index is 2.15. The van der Waals surface area contributed by atoms with E-state index in [9.17, 15) is 4.79 Å². The molecule has 0 aliphatic carbocycles. The molecule has 4 heteroatoms. The van der Waals surface area contributed by atoms with Crippen molar-refractivity contribution >= 4 is 22.0 Å². The van der Waals surface area contributed by atoms with Gasteiger partial charge in [-0.05, 0) is 50.6 Å². The highest BCUT2D eigenvalue weighted by Gasteiger charge is 2.28. The van der Waals surface area contributed by atoms with Gasteiger partial charge in [-0.1, -0.05) is 46.3 Å². The van der Waals surface area contributed by atoms with Crippen LogP contribution >= 0.6 is 15.9 Å². The van der Waals surface area contributed by atoms with E-state index in [0.717, 1.165) is 10.0 Å². The topological polar surface area (TPSA) is 29.5 Å². The van der Waals surface area contributed by atoms with Gasteiger partial charge in [0.15, 0.2) is 0 Å². The fraction of sp³-hybridized carbons (Fsp3) is 0.278. The molecule has 0 radical (unpaired) electrons. The third kappa shape index (κ3) is 4.60. The van der Waals surface area contributed by atoms with Gasteiger partial charge < -0.3 is 4.74 Å². The number of carbonyl (C=O) groups is 1. The predicted octanol–water partition coefficient (Wildman–Crippen LogP) is 5.25. The minimum atomic E-state index is -0.348. The fourth-order valence-corrected chi connectivity index (χ4v) is 2.26. The van der Waals surface area contributed by atoms with Crippen LogP contribution in [0.4, 0.5) is 4.79 Å². The summed E-state index contributed by atoms with van der Waals surface area (Å²) in [4.78, 5) is 14.3. The zero-order chi connectivity index (χ0) is 16.2. The molecule has 2 rings (SSSR count). The van der Waals surface area contributed by atoms with Gasteiger partial charge in [0.1, 0.15) is 5.75 Å². The lowest BCUT2D eigenvalue weighted by Gasteiger charge is -2.34. The lowest BCUT2D eigenvalue weighted by molar-refractivity contribution is 0.102. The van der Waals surface area contributed by atoms with Crippen LogP contribution in [-0.2, 0) is 6.54 Å². The van der Waals surface area contributed by atoms with Crippen molar-refractivity contribution < 1.29 is 9.53 Å². The summed E-state index contributed by atoms with van der Waals surface area (Å²) in [5.74, 6) is 0.538. The lowest BCUT2D eigenvalue weighted by Crippen LogP contribution is -2.46. The van der Waals surface area contributed by atoms with Crippen molar-refractivity contribution in [1.82, 2.24) is 4.90 Å². The molecule has 0 bridgehead atoms. The van der Waals surface area contributed by atoms with Crippen molar-refractivity contribution in [3.05, 3.63) is 64.6 Å². The maximum absolute atomic E-state index is 12.5. The normalized spacial score (nSPS) is 11.1. The van der Waals surface area contributed by atoms with Crippen molar-refractivity contribution in [3.63, 3.8) is 0 Å². The molecule has 0 atom stereocenters. The Bertz CT molecular complexity index is 618. The number of halogens is 1. The van der Waals surface area contributed by atoms with Crippen molar-refractivity contribution in [2.24, 2.45) is 0 Å². The molecule has 0 aromatic heterocycles. The minimum absolute atomic E-state index is 0.331. The molecule has 0 N–H and O–H groups in total. The number of carbonyl (C=O) groups excluding carboxylic acids is 1. The summed E-state index contributed by atoms with van der Waals surface area (Å²) in [5, 5.41) is 0. The van der Waals surface area contributed by atoms with Gasteiger partial charge in [0.05, 0.1) is 0 Å². The van der Waals surface area contributed by atoms with Gasteiger partial charge in [-0.3, -0.25) is 4.90 Å². The van der Waals surface area contributed by atoms with E-state index < -0.39 is 0 Å². The van der Waals surface area contributed by atoms with Gasteiger partial charge in [-0.15, -0.1) is 0 Å². The van der Waals surface area contributed by atoms with Crippen LogP contribution in [0, 0.1) is 0 Å². The first-order valence-corrected chi connectivity index (χ1v) is 7.94. The Morgan fingerprint density at radius 2 is 1.64 bits per heavy atom. The van der Waals surface area contributed by atoms with Crippen LogP contribution in [-0.4, -0.2) is 16.5 Å². The molecule has 116 valence electrons. The van der Waals surface area contributed by atoms with Gasteiger partial charge in [-0.25, -0.2) is 4.79 Å². The van der Waals surface area contributed by atoms with Gasteiger partial charge in [-0.2, -0.15) is 0 Å². The van der Waals surface area contributed by atoms with E-state index in [1.54, 1.807) is 17.0 Å². The molecular formula is C18H20BrNO2. The minimum Gasteiger partial charge on any atom is -0.410 e. The summed E-state index contributed by atoms with van der Waals surface area (Å²) in [5.41, 5.74) is 0.743. The molecule has 2 aromatic carbocycles. The molecule has 0 saturated carbocycles. The Morgan fingerprint density at radius 3 is 2.18 bits per heavy atom. The first kappa shape index (κ1) is 16.6. The van der Waals surface area contributed by atoms with Gasteiger partial charge in [0.25, 0.3) is 0 Å². The molecule has 0 unspecified atom stereocenters. The third-order valence-electron chi connectivity index (χ3n) is 3.23. The van der Waals surface area contributed by atoms with Crippen molar-refractivity contribution in [2.75, 3.05) is 0 Å². The number of hydrogen-bond acceptors (Lipinski definition) is 2. The second-order valence-corrected chi connectivity index (χ2v) is 6.98. The average molecular weight is 362 g/mol. The molecule has 0 aliphatic rings. The number of benzene rings is 2. The third-order valence-corrected chi connectivity index (χ3v) is 3.76. The molecular weight excluding hydrogens is 342 g/mol. The summed E-state index contributed by atoms with van der Waals surface area (Å²) in [6.45, 7) is 6.51. The summed E-state index contributed by atoms with van der Waals surface area (Å²) in [6, 6.07) is 17.1. The second-order valence-electron chi connectivity index (χ2n) is 6.06. The highest BCUT2D eigenvalue weighted by molar-refractivity contribution is 9.10. The highest BCUT2D eigenvalue weighted by Crippen LogP contribution is 2.21. The Morgan fingerprint density at radius 1 is 1.05 bits per heavy atom. The number of rotatable bonds is 3. The number of ether oxygens (including phenoxy) is 1. The van der Waals surface area contributed by atoms with E-state index in [-0.39, 0.29) is 11.6 Å². The summed E-state index contributed by atoms with van der Waals surface area (Å²) < 4.78 is 6.44. The molecule has 3 nitrogen and oxygen atoms in total.